The molecule has 0 bridgehead atoms. The predicted molar refractivity (Wildman–Crippen MR) is 117 cm³/mol. The van der Waals surface area contributed by atoms with Gasteiger partial charge in [0.05, 0.1) is 25.4 Å². The highest BCUT2D eigenvalue weighted by atomic mass is 35.5. The van der Waals surface area contributed by atoms with Crippen LogP contribution in [0, 0.1) is 0 Å². The van der Waals surface area contributed by atoms with Crippen molar-refractivity contribution in [3.8, 4) is 17.2 Å². The van der Waals surface area contributed by atoms with Gasteiger partial charge in [-0.1, -0.05) is 17.7 Å². The van der Waals surface area contributed by atoms with Crippen LogP contribution in [0.2, 0.25) is 5.02 Å². The average molecular weight is 446 g/mol. The van der Waals surface area contributed by atoms with Gasteiger partial charge in [0.15, 0.2) is 11.5 Å². The molecule has 1 fully saturated rings. The lowest BCUT2D eigenvalue weighted by Crippen LogP contribution is -2.51. The predicted octanol–water partition coefficient (Wildman–Crippen LogP) is 3.89. The van der Waals surface area contributed by atoms with Crippen LogP contribution in [0.1, 0.15) is 49.0 Å². The number of fused-ring (bicyclic) bond motifs is 2. The van der Waals surface area contributed by atoms with E-state index in [9.17, 15) is 10.2 Å². The second-order valence-corrected chi connectivity index (χ2v) is 9.20. The first-order valence-electron chi connectivity index (χ1n) is 11.0. The summed E-state index contributed by atoms with van der Waals surface area (Å²) in [6, 6.07) is 11.1. The van der Waals surface area contributed by atoms with Crippen molar-refractivity contribution >= 4 is 11.6 Å². The molecule has 2 N–H and O–H groups in total. The molecular formula is C24H28ClNO5. The molecule has 3 aliphatic rings. The molecule has 2 aromatic rings. The molecule has 6 nitrogen and oxygen atoms in total. The fraction of sp³-hybridized carbons (Fsp3) is 0.500. The highest BCUT2D eigenvalue weighted by Crippen LogP contribution is 2.45. The molecule has 0 aromatic heterocycles. The number of aliphatic hydroxyl groups is 2. The van der Waals surface area contributed by atoms with Gasteiger partial charge in [0, 0.05) is 43.1 Å². The summed E-state index contributed by atoms with van der Waals surface area (Å²) >= 11 is 6.07. The van der Waals surface area contributed by atoms with Crippen LogP contribution in [-0.4, -0.2) is 53.6 Å². The van der Waals surface area contributed by atoms with Crippen molar-refractivity contribution in [1.29, 1.82) is 0 Å². The lowest BCUT2D eigenvalue weighted by molar-refractivity contribution is -0.0587. The molecule has 7 heteroatoms. The first-order valence-corrected chi connectivity index (χ1v) is 11.4. The summed E-state index contributed by atoms with van der Waals surface area (Å²) < 4.78 is 17.8. The van der Waals surface area contributed by atoms with Crippen LogP contribution in [0.3, 0.4) is 0 Å². The third-order valence-corrected chi connectivity index (χ3v) is 6.81. The standard InChI is InChI=1S/C24H28ClNO5/c25-17-3-5-21-18(13-17)19(27)14-24(31-21)6-8-26(9-7-24)15-20(28)16-2-4-22-23(12-16)30-11-1-10-29-22/h2-5,12-13,19-20,27-28H,1,6-11,14-15H2/t19-,20-/m0/s1. The van der Waals surface area contributed by atoms with Crippen LogP contribution in [0.4, 0.5) is 0 Å². The Morgan fingerprint density at radius 3 is 2.58 bits per heavy atom. The molecule has 2 aromatic carbocycles. The molecular weight excluding hydrogens is 418 g/mol. The van der Waals surface area contributed by atoms with Crippen molar-refractivity contribution in [2.45, 2.75) is 43.5 Å². The second kappa shape index (κ2) is 8.51. The summed E-state index contributed by atoms with van der Waals surface area (Å²) in [4.78, 5) is 2.26. The van der Waals surface area contributed by atoms with Gasteiger partial charge in [-0.15, -0.1) is 0 Å². The maximum absolute atomic E-state index is 10.8. The largest absolute Gasteiger partial charge is 0.490 e. The van der Waals surface area contributed by atoms with E-state index in [0.29, 0.717) is 37.0 Å². The number of likely N-dealkylation sites (tertiary alicyclic amines) is 1. The van der Waals surface area contributed by atoms with Crippen molar-refractivity contribution in [3.63, 3.8) is 0 Å². The molecule has 1 spiro atoms. The summed E-state index contributed by atoms with van der Waals surface area (Å²) in [5, 5.41) is 22.1. The lowest BCUT2D eigenvalue weighted by atomic mass is 9.81. The van der Waals surface area contributed by atoms with Crippen LogP contribution in [0.15, 0.2) is 36.4 Å². The minimum Gasteiger partial charge on any atom is -0.490 e. The third kappa shape index (κ3) is 4.35. The summed E-state index contributed by atoms with van der Waals surface area (Å²) in [6.45, 7) is 3.43. The maximum atomic E-state index is 10.8. The molecule has 0 radical (unpaired) electrons. The number of hydrogen-bond donors (Lipinski definition) is 2. The number of hydrogen-bond acceptors (Lipinski definition) is 6. The average Bonchev–Trinajstić information content (AvgIpc) is 3.01. The summed E-state index contributed by atoms with van der Waals surface area (Å²) in [7, 11) is 0. The molecule has 0 unspecified atom stereocenters. The van der Waals surface area contributed by atoms with Gasteiger partial charge in [0.1, 0.15) is 11.4 Å². The number of aliphatic hydroxyl groups excluding tert-OH is 2. The SMILES string of the molecule is O[C@@H](CN1CCC2(CC1)C[C@H](O)c1cc(Cl)ccc1O2)c1ccc2c(c1)OCCCO2. The zero-order valence-electron chi connectivity index (χ0n) is 17.4. The van der Waals surface area contributed by atoms with Crippen LogP contribution in [-0.2, 0) is 0 Å². The van der Waals surface area contributed by atoms with E-state index >= 15 is 0 Å². The Bertz CT molecular complexity index is 944. The van der Waals surface area contributed by atoms with Gasteiger partial charge in [-0.05, 0) is 48.7 Å². The Hall–Kier alpha value is -1.99. The van der Waals surface area contributed by atoms with Crippen LogP contribution < -0.4 is 14.2 Å². The number of ether oxygens (including phenoxy) is 3. The van der Waals surface area contributed by atoms with Gasteiger partial charge >= 0.3 is 0 Å². The number of rotatable bonds is 3. The summed E-state index contributed by atoms with van der Waals surface area (Å²) in [6.07, 6.45) is 1.86. The Morgan fingerprint density at radius 1 is 1.03 bits per heavy atom. The molecule has 5 rings (SSSR count). The van der Waals surface area contributed by atoms with Crippen molar-refractivity contribution in [3.05, 3.63) is 52.5 Å². The van der Waals surface area contributed by atoms with Crippen LogP contribution in [0.5, 0.6) is 17.2 Å². The fourth-order valence-electron chi connectivity index (χ4n) is 4.80. The van der Waals surface area contributed by atoms with Crippen molar-refractivity contribution in [2.24, 2.45) is 0 Å². The molecule has 2 atom stereocenters. The number of nitrogens with zero attached hydrogens (tertiary/aromatic N) is 1. The van der Waals surface area contributed by atoms with Crippen LogP contribution >= 0.6 is 11.6 Å². The Labute approximate surface area is 187 Å². The molecule has 3 aliphatic heterocycles. The van der Waals surface area contributed by atoms with Crippen molar-refractivity contribution < 1.29 is 24.4 Å². The number of halogens is 1. The van der Waals surface area contributed by atoms with E-state index in [1.807, 2.05) is 24.3 Å². The minimum atomic E-state index is -0.605. The molecule has 31 heavy (non-hydrogen) atoms. The van der Waals surface area contributed by atoms with Crippen molar-refractivity contribution in [2.75, 3.05) is 32.8 Å². The van der Waals surface area contributed by atoms with E-state index in [0.717, 1.165) is 55.0 Å². The highest BCUT2D eigenvalue weighted by molar-refractivity contribution is 6.30. The van der Waals surface area contributed by atoms with Gasteiger partial charge in [0.2, 0.25) is 0 Å². The van der Waals surface area contributed by atoms with Crippen LogP contribution in [0.25, 0.3) is 0 Å². The van der Waals surface area contributed by atoms with E-state index in [2.05, 4.69) is 4.90 Å². The number of piperidine rings is 1. The summed E-state index contributed by atoms with van der Waals surface area (Å²) in [5.41, 5.74) is 1.24. The molecule has 166 valence electrons. The van der Waals surface area contributed by atoms with Gasteiger partial charge < -0.3 is 29.3 Å². The third-order valence-electron chi connectivity index (χ3n) is 6.58. The van der Waals surface area contributed by atoms with E-state index < -0.39 is 12.2 Å². The Balaban J connectivity index is 1.21. The lowest BCUT2D eigenvalue weighted by Gasteiger charge is -2.46. The zero-order valence-corrected chi connectivity index (χ0v) is 18.2. The monoisotopic (exact) mass is 445 g/mol. The molecule has 0 amide bonds. The Morgan fingerprint density at radius 2 is 1.77 bits per heavy atom. The van der Waals surface area contributed by atoms with Gasteiger partial charge in [-0.25, -0.2) is 0 Å². The first-order chi connectivity index (χ1) is 15.0. The topological polar surface area (TPSA) is 71.4 Å². The van der Waals surface area contributed by atoms with E-state index in [4.69, 9.17) is 25.8 Å². The highest BCUT2D eigenvalue weighted by Gasteiger charge is 2.43. The molecule has 1 saturated heterocycles. The maximum Gasteiger partial charge on any atom is 0.161 e. The summed E-state index contributed by atoms with van der Waals surface area (Å²) in [5.74, 6) is 2.17. The quantitative estimate of drug-likeness (QED) is 0.747. The molecule has 3 heterocycles. The van der Waals surface area contributed by atoms with E-state index in [-0.39, 0.29) is 5.60 Å². The number of benzene rings is 2. The zero-order chi connectivity index (χ0) is 21.4. The Kier molecular flexibility index (Phi) is 5.73. The fourth-order valence-corrected chi connectivity index (χ4v) is 4.98. The second-order valence-electron chi connectivity index (χ2n) is 8.76. The molecule has 0 saturated carbocycles. The smallest absolute Gasteiger partial charge is 0.161 e. The molecule has 0 aliphatic carbocycles. The van der Waals surface area contributed by atoms with E-state index in [1.165, 1.54) is 0 Å². The number of β-amino-alcohol motifs (C(OH)–C–C–N with tert-alkyl or cyclic N) is 1. The van der Waals surface area contributed by atoms with Crippen molar-refractivity contribution in [1.82, 2.24) is 4.90 Å². The minimum absolute atomic E-state index is 0.364. The van der Waals surface area contributed by atoms with E-state index in [1.54, 1.807) is 12.1 Å². The van der Waals surface area contributed by atoms with Gasteiger partial charge in [-0.3, -0.25) is 0 Å². The first kappa shape index (κ1) is 20.9. The normalized spacial score (nSPS) is 23.5. The van der Waals surface area contributed by atoms with Gasteiger partial charge in [0.25, 0.3) is 0 Å². The van der Waals surface area contributed by atoms with Gasteiger partial charge in [-0.2, -0.15) is 0 Å².